The summed E-state index contributed by atoms with van der Waals surface area (Å²) in [7, 11) is 0. The van der Waals surface area contributed by atoms with Gasteiger partial charge in [-0.25, -0.2) is 9.67 Å². The molecule has 2 aromatic heterocycles. The van der Waals surface area contributed by atoms with E-state index in [-0.39, 0.29) is 12.1 Å². The zero-order chi connectivity index (χ0) is 14.1. The molecule has 3 heterocycles. The normalized spacial score (nSPS) is 19.9. The number of nitrogens with zero attached hydrogens (tertiary/aromatic N) is 3. The molecular formula is C15H22N4O. The van der Waals surface area contributed by atoms with Gasteiger partial charge in [0, 0.05) is 13.0 Å². The lowest BCUT2D eigenvalue weighted by atomic mass is 10.1. The Morgan fingerprint density at radius 2 is 2.35 bits per heavy atom. The zero-order valence-electron chi connectivity index (χ0n) is 12.4. The van der Waals surface area contributed by atoms with Gasteiger partial charge in [0.05, 0.1) is 12.1 Å². The Morgan fingerprint density at radius 3 is 3.10 bits per heavy atom. The highest BCUT2D eigenvalue weighted by atomic mass is 16.3. The number of fused-ring (bicyclic) bond motifs is 1. The Labute approximate surface area is 119 Å². The van der Waals surface area contributed by atoms with Gasteiger partial charge in [-0.05, 0) is 38.8 Å². The van der Waals surface area contributed by atoms with Crippen molar-refractivity contribution in [1.29, 1.82) is 0 Å². The highest BCUT2D eigenvalue weighted by molar-refractivity contribution is 5.11. The summed E-state index contributed by atoms with van der Waals surface area (Å²) < 4.78 is 7.85. The van der Waals surface area contributed by atoms with Crippen molar-refractivity contribution in [1.82, 2.24) is 20.1 Å². The van der Waals surface area contributed by atoms with Gasteiger partial charge in [0.25, 0.3) is 0 Å². The van der Waals surface area contributed by atoms with E-state index in [0.717, 1.165) is 49.0 Å². The van der Waals surface area contributed by atoms with Crippen LogP contribution >= 0.6 is 0 Å². The molecule has 0 saturated carbocycles. The zero-order valence-corrected chi connectivity index (χ0v) is 12.4. The van der Waals surface area contributed by atoms with Crippen molar-refractivity contribution in [3.63, 3.8) is 0 Å². The van der Waals surface area contributed by atoms with Gasteiger partial charge >= 0.3 is 0 Å². The highest BCUT2D eigenvalue weighted by Gasteiger charge is 2.25. The van der Waals surface area contributed by atoms with Crippen LogP contribution in [0.4, 0.5) is 0 Å². The number of hydrogen-bond acceptors (Lipinski definition) is 4. The predicted molar refractivity (Wildman–Crippen MR) is 76.4 cm³/mol. The van der Waals surface area contributed by atoms with Crippen LogP contribution in [0.3, 0.4) is 0 Å². The molecule has 0 spiro atoms. The van der Waals surface area contributed by atoms with Crippen LogP contribution in [0.25, 0.3) is 0 Å². The monoisotopic (exact) mass is 274 g/mol. The molecule has 1 N–H and O–H groups in total. The number of nitrogens with one attached hydrogen (secondary N) is 1. The second-order valence-electron chi connectivity index (χ2n) is 5.48. The third kappa shape index (κ3) is 2.50. The topological polar surface area (TPSA) is 55.9 Å². The lowest BCUT2D eigenvalue weighted by Crippen LogP contribution is -2.30. The van der Waals surface area contributed by atoms with E-state index in [4.69, 9.17) is 4.42 Å². The maximum atomic E-state index is 5.82. The minimum Gasteiger partial charge on any atom is -0.464 e. The molecule has 2 unspecified atom stereocenters. The molecule has 2 aromatic rings. The fourth-order valence-corrected chi connectivity index (χ4v) is 2.83. The van der Waals surface area contributed by atoms with Crippen molar-refractivity contribution >= 4 is 0 Å². The second-order valence-corrected chi connectivity index (χ2v) is 5.48. The average molecular weight is 274 g/mol. The van der Waals surface area contributed by atoms with Crippen LogP contribution in [0.2, 0.25) is 0 Å². The summed E-state index contributed by atoms with van der Waals surface area (Å²) in [5, 5.41) is 8.07. The van der Waals surface area contributed by atoms with E-state index in [2.05, 4.69) is 41.4 Å². The van der Waals surface area contributed by atoms with Crippen LogP contribution in [0, 0.1) is 6.92 Å². The van der Waals surface area contributed by atoms with Crippen molar-refractivity contribution in [2.75, 3.05) is 0 Å². The molecule has 0 amide bonds. The molecular weight excluding hydrogens is 252 g/mol. The van der Waals surface area contributed by atoms with E-state index in [1.807, 2.05) is 11.6 Å². The number of rotatable bonds is 4. The number of aryl methyl sites for hydroxylation is 3. The molecule has 1 aliphatic heterocycles. The molecule has 0 bridgehead atoms. The Balaban J connectivity index is 1.74. The lowest BCUT2D eigenvalue weighted by molar-refractivity contribution is 0.319. The highest BCUT2D eigenvalue weighted by Crippen LogP contribution is 2.27. The van der Waals surface area contributed by atoms with Crippen LogP contribution in [0.15, 0.2) is 16.5 Å². The second kappa shape index (κ2) is 5.40. The SMILES string of the molecule is CCc1ccc(C(C)NC2CCCn3nc(C)nc32)o1. The summed E-state index contributed by atoms with van der Waals surface area (Å²) in [5.74, 6) is 3.95. The Bertz CT molecular complexity index is 586. The van der Waals surface area contributed by atoms with E-state index < -0.39 is 0 Å². The quantitative estimate of drug-likeness (QED) is 0.931. The molecule has 20 heavy (non-hydrogen) atoms. The van der Waals surface area contributed by atoms with Crippen molar-refractivity contribution in [3.05, 3.63) is 35.3 Å². The summed E-state index contributed by atoms with van der Waals surface area (Å²) in [5.41, 5.74) is 0. The first-order valence-corrected chi connectivity index (χ1v) is 7.43. The number of hydrogen-bond donors (Lipinski definition) is 1. The third-order valence-electron chi connectivity index (χ3n) is 3.89. The first kappa shape index (κ1) is 13.4. The Hall–Kier alpha value is -1.62. The lowest BCUT2D eigenvalue weighted by Gasteiger charge is -2.25. The Morgan fingerprint density at radius 1 is 1.50 bits per heavy atom. The third-order valence-corrected chi connectivity index (χ3v) is 3.89. The molecule has 0 fully saturated rings. The molecule has 0 aromatic carbocycles. The Kier molecular flexibility index (Phi) is 3.61. The number of furan rings is 1. The minimum absolute atomic E-state index is 0.184. The fraction of sp³-hybridized carbons (Fsp3) is 0.600. The number of aromatic nitrogens is 3. The van der Waals surface area contributed by atoms with Gasteiger partial charge in [-0.1, -0.05) is 6.92 Å². The molecule has 0 radical (unpaired) electrons. The summed E-state index contributed by atoms with van der Waals surface area (Å²) in [6, 6.07) is 4.56. The van der Waals surface area contributed by atoms with Crippen LogP contribution < -0.4 is 5.32 Å². The molecule has 5 nitrogen and oxygen atoms in total. The first-order chi connectivity index (χ1) is 9.67. The van der Waals surface area contributed by atoms with Crippen molar-refractivity contribution in [3.8, 4) is 0 Å². The van der Waals surface area contributed by atoms with Gasteiger partial charge < -0.3 is 4.42 Å². The smallest absolute Gasteiger partial charge is 0.147 e. The molecule has 0 saturated heterocycles. The molecule has 3 rings (SSSR count). The summed E-state index contributed by atoms with van der Waals surface area (Å²) in [6.07, 6.45) is 3.17. The molecule has 2 atom stereocenters. The van der Waals surface area contributed by atoms with Gasteiger partial charge in [-0.15, -0.1) is 0 Å². The summed E-state index contributed by atoms with van der Waals surface area (Å²) >= 11 is 0. The van der Waals surface area contributed by atoms with Crippen molar-refractivity contribution in [2.45, 2.75) is 58.7 Å². The molecule has 0 aliphatic carbocycles. The summed E-state index contributed by atoms with van der Waals surface area (Å²) in [4.78, 5) is 4.56. The van der Waals surface area contributed by atoms with Gasteiger partial charge in [0.1, 0.15) is 23.2 Å². The van der Waals surface area contributed by atoms with Crippen LogP contribution in [-0.2, 0) is 13.0 Å². The fourth-order valence-electron chi connectivity index (χ4n) is 2.83. The minimum atomic E-state index is 0.184. The maximum Gasteiger partial charge on any atom is 0.147 e. The van der Waals surface area contributed by atoms with Gasteiger partial charge in [0.15, 0.2) is 0 Å². The van der Waals surface area contributed by atoms with Crippen molar-refractivity contribution in [2.24, 2.45) is 0 Å². The molecule has 5 heteroatoms. The summed E-state index contributed by atoms with van der Waals surface area (Å²) in [6.45, 7) is 7.17. The maximum absolute atomic E-state index is 5.82. The van der Waals surface area contributed by atoms with Crippen LogP contribution in [0.5, 0.6) is 0 Å². The average Bonchev–Trinajstić information content (AvgIpc) is 3.04. The van der Waals surface area contributed by atoms with Gasteiger partial charge in [0.2, 0.25) is 0 Å². The van der Waals surface area contributed by atoms with Crippen LogP contribution in [0.1, 0.15) is 61.9 Å². The largest absolute Gasteiger partial charge is 0.464 e. The van der Waals surface area contributed by atoms with E-state index in [1.165, 1.54) is 0 Å². The van der Waals surface area contributed by atoms with Crippen LogP contribution in [-0.4, -0.2) is 14.8 Å². The van der Waals surface area contributed by atoms with E-state index in [1.54, 1.807) is 0 Å². The first-order valence-electron chi connectivity index (χ1n) is 7.43. The molecule has 108 valence electrons. The molecule has 1 aliphatic rings. The standard InChI is InChI=1S/C15H22N4O/c1-4-12-7-8-14(20-12)10(2)16-13-6-5-9-19-15(13)17-11(3)18-19/h7-8,10,13,16H,4-6,9H2,1-3H3. The van der Waals surface area contributed by atoms with E-state index >= 15 is 0 Å². The van der Waals surface area contributed by atoms with Crippen molar-refractivity contribution < 1.29 is 4.42 Å². The van der Waals surface area contributed by atoms with E-state index in [9.17, 15) is 0 Å². The van der Waals surface area contributed by atoms with Gasteiger partial charge in [-0.2, -0.15) is 5.10 Å². The van der Waals surface area contributed by atoms with E-state index in [0.29, 0.717) is 0 Å². The predicted octanol–water partition coefficient (Wildman–Crippen LogP) is 2.93. The van der Waals surface area contributed by atoms with Gasteiger partial charge in [-0.3, -0.25) is 5.32 Å².